The van der Waals surface area contributed by atoms with Crippen LogP contribution in [0.2, 0.25) is 0 Å². The molecule has 0 aliphatic carbocycles. The van der Waals surface area contributed by atoms with Gasteiger partial charge in [-0.1, -0.05) is 56.0 Å². The van der Waals surface area contributed by atoms with Gasteiger partial charge in [-0.2, -0.15) is 0 Å². The zero-order valence-electron chi connectivity index (χ0n) is 12.6. The Morgan fingerprint density at radius 3 is 2.19 bits per heavy atom. The molecule has 0 radical (unpaired) electrons. The second-order valence-electron chi connectivity index (χ2n) is 5.07. The lowest BCUT2D eigenvalue weighted by molar-refractivity contribution is 0.401. The molecule has 0 saturated carbocycles. The summed E-state index contributed by atoms with van der Waals surface area (Å²) in [5, 5.41) is 7.82. The predicted molar refractivity (Wildman–Crippen MR) is 86.8 cm³/mol. The molecule has 2 aromatic rings. The molecule has 2 heteroatoms. The monoisotopic (exact) mass is 277 g/mol. The van der Waals surface area contributed by atoms with E-state index in [9.17, 15) is 0 Å². The van der Waals surface area contributed by atoms with Crippen LogP contribution in [0.3, 0.4) is 0 Å². The molecule has 0 aliphatic rings. The number of benzene rings is 2. The van der Waals surface area contributed by atoms with Gasteiger partial charge in [0, 0.05) is 11.1 Å². The molecule has 2 nitrogen and oxygen atoms in total. The Labute approximate surface area is 126 Å². The van der Waals surface area contributed by atoms with E-state index in [0.29, 0.717) is 5.92 Å². The van der Waals surface area contributed by atoms with Gasteiger partial charge in [-0.05, 0) is 29.7 Å². The van der Waals surface area contributed by atoms with Crippen molar-refractivity contribution in [3.8, 4) is 11.8 Å². The van der Waals surface area contributed by atoms with E-state index in [-0.39, 0.29) is 5.90 Å². The van der Waals surface area contributed by atoms with Crippen LogP contribution in [0, 0.1) is 17.3 Å². The Kier molecular flexibility index (Phi) is 4.79. The van der Waals surface area contributed by atoms with Gasteiger partial charge in [-0.25, -0.2) is 0 Å². The molecule has 0 bridgehead atoms. The van der Waals surface area contributed by atoms with Gasteiger partial charge in [-0.15, -0.1) is 0 Å². The second kappa shape index (κ2) is 6.76. The van der Waals surface area contributed by atoms with Crippen molar-refractivity contribution in [2.24, 2.45) is 0 Å². The predicted octanol–water partition coefficient (Wildman–Crippen LogP) is 4.18. The van der Waals surface area contributed by atoms with Gasteiger partial charge in [0.1, 0.15) is 0 Å². The lowest BCUT2D eigenvalue weighted by atomic mass is 9.97. The van der Waals surface area contributed by atoms with Crippen LogP contribution in [0.25, 0.3) is 0 Å². The first kappa shape index (κ1) is 14.9. The van der Waals surface area contributed by atoms with Crippen molar-refractivity contribution in [3.05, 3.63) is 70.8 Å². The summed E-state index contributed by atoms with van der Waals surface area (Å²) < 4.78 is 5.01. The minimum Gasteiger partial charge on any atom is -0.481 e. The molecule has 0 saturated heterocycles. The first-order valence-electron chi connectivity index (χ1n) is 6.96. The molecule has 0 aromatic heterocycles. The summed E-state index contributed by atoms with van der Waals surface area (Å²) in [4.78, 5) is 0. The van der Waals surface area contributed by atoms with E-state index >= 15 is 0 Å². The highest BCUT2D eigenvalue weighted by molar-refractivity contribution is 5.94. The minimum absolute atomic E-state index is 0.136. The van der Waals surface area contributed by atoms with Gasteiger partial charge in [0.15, 0.2) is 0 Å². The molecule has 0 unspecified atom stereocenters. The molecule has 0 spiro atoms. The van der Waals surface area contributed by atoms with Crippen LogP contribution >= 0.6 is 0 Å². The lowest BCUT2D eigenvalue weighted by Gasteiger charge is -2.07. The average Bonchev–Trinajstić information content (AvgIpc) is 2.52. The van der Waals surface area contributed by atoms with Crippen LogP contribution in [-0.4, -0.2) is 13.0 Å². The zero-order valence-corrected chi connectivity index (χ0v) is 12.6. The first-order valence-corrected chi connectivity index (χ1v) is 6.96. The fourth-order valence-corrected chi connectivity index (χ4v) is 2.15. The maximum atomic E-state index is 7.82. The van der Waals surface area contributed by atoms with Crippen molar-refractivity contribution in [2.75, 3.05) is 7.11 Å². The molecule has 0 aliphatic heterocycles. The van der Waals surface area contributed by atoms with Crippen LogP contribution in [0.5, 0.6) is 0 Å². The number of ether oxygens (including phenoxy) is 1. The van der Waals surface area contributed by atoms with E-state index in [1.807, 2.05) is 42.5 Å². The minimum atomic E-state index is 0.136. The number of methoxy groups -OCH3 is 1. The van der Waals surface area contributed by atoms with Crippen LogP contribution in [0.1, 0.15) is 42.0 Å². The Bertz CT molecular complexity index is 705. The largest absolute Gasteiger partial charge is 0.481 e. The highest BCUT2D eigenvalue weighted by Crippen LogP contribution is 2.18. The van der Waals surface area contributed by atoms with E-state index in [1.165, 1.54) is 12.7 Å². The number of hydrogen-bond acceptors (Lipinski definition) is 2. The maximum Gasteiger partial charge on any atom is 0.214 e. The standard InChI is InChI=1S/C19H19NO/c1-14(2)17-10-6-4-8-15(17)12-13-16-9-5-7-11-18(16)19(20)21-3/h4-11,14,20H,1-3H3. The van der Waals surface area contributed by atoms with Crippen LogP contribution in [-0.2, 0) is 4.74 Å². The third kappa shape index (κ3) is 3.52. The Morgan fingerprint density at radius 2 is 1.52 bits per heavy atom. The lowest BCUT2D eigenvalue weighted by Crippen LogP contribution is -2.03. The van der Waals surface area contributed by atoms with Crippen molar-refractivity contribution < 1.29 is 4.74 Å². The highest BCUT2D eigenvalue weighted by Gasteiger charge is 2.06. The van der Waals surface area contributed by atoms with Crippen LogP contribution in [0.4, 0.5) is 0 Å². The summed E-state index contributed by atoms with van der Waals surface area (Å²) in [6.07, 6.45) is 0. The third-order valence-electron chi connectivity index (χ3n) is 3.29. The first-order chi connectivity index (χ1) is 10.1. The SMILES string of the molecule is COC(=N)c1ccccc1C#Cc1ccccc1C(C)C. The van der Waals surface area contributed by atoms with Gasteiger partial charge in [-0.3, -0.25) is 5.41 Å². The van der Waals surface area contributed by atoms with Gasteiger partial charge in [0.2, 0.25) is 5.90 Å². The van der Waals surface area contributed by atoms with Crippen LogP contribution < -0.4 is 0 Å². The zero-order chi connectivity index (χ0) is 15.2. The van der Waals surface area contributed by atoms with Gasteiger partial charge in [0.25, 0.3) is 0 Å². The summed E-state index contributed by atoms with van der Waals surface area (Å²) in [7, 11) is 1.50. The highest BCUT2D eigenvalue weighted by atomic mass is 16.5. The molecule has 0 atom stereocenters. The topological polar surface area (TPSA) is 33.1 Å². The fraction of sp³-hybridized carbons (Fsp3) is 0.211. The van der Waals surface area contributed by atoms with Gasteiger partial charge < -0.3 is 4.74 Å². The number of rotatable bonds is 2. The molecule has 0 amide bonds. The van der Waals surface area contributed by atoms with Gasteiger partial charge >= 0.3 is 0 Å². The number of hydrogen-bond donors (Lipinski definition) is 1. The third-order valence-corrected chi connectivity index (χ3v) is 3.29. The average molecular weight is 277 g/mol. The van der Waals surface area contributed by atoms with Crippen LogP contribution in [0.15, 0.2) is 48.5 Å². The molecule has 2 aromatic carbocycles. The Balaban J connectivity index is 2.43. The van der Waals surface area contributed by atoms with E-state index in [2.05, 4.69) is 31.8 Å². The number of nitrogens with one attached hydrogen (secondary N) is 1. The van der Waals surface area contributed by atoms with Gasteiger partial charge in [0.05, 0.1) is 12.7 Å². The normalized spacial score (nSPS) is 9.90. The Hall–Kier alpha value is -2.53. The summed E-state index contributed by atoms with van der Waals surface area (Å²) in [6.45, 7) is 4.32. The molecule has 0 fully saturated rings. The molecule has 21 heavy (non-hydrogen) atoms. The summed E-state index contributed by atoms with van der Waals surface area (Å²) in [5.74, 6) is 6.97. The van der Waals surface area contributed by atoms with E-state index in [0.717, 1.165) is 16.7 Å². The molecular formula is C19H19NO. The summed E-state index contributed by atoms with van der Waals surface area (Å²) in [6, 6.07) is 15.7. The van der Waals surface area contributed by atoms with Crippen molar-refractivity contribution in [1.82, 2.24) is 0 Å². The van der Waals surface area contributed by atoms with Crippen molar-refractivity contribution in [3.63, 3.8) is 0 Å². The summed E-state index contributed by atoms with van der Waals surface area (Å²) in [5.41, 5.74) is 3.80. The van der Waals surface area contributed by atoms with Crippen molar-refractivity contribution >= 4 is 5.90 Å². The fourth-order valence-electron chi connectivity index (χ4n) is 2.15. The molecule has 106 valence electrons. The van der Waals surface area contributed by atoms with E-state index < -0.39 is 0 Å². The molecule has 2 rings (SSSR count). The van der Waals surface area contributed by atoms with E-state index in [4.69, 9.17) is 10.1 Å². The van der Waals surface area contributed by atoms with Crippen molar-refractivity contribution in [2.45, 2.75) is 19.8 Å². The quantitative estimate of drug-likeness (QED) is 0.498. The molecular weight excluding hydrogens is 258 g/mol. The maximum absolute atomic E-state index is 7.82. The van der Waals surface area contributed by atoms with E-state index in [1.54, 1.807) is 0 Å². The smallest absolute Gasteiger partial charge is 0.214 e. The molecule has 0 heterocycles. The Morgan fingerprint density at radius 1 is 0.952 bits per heavy atom. The second-order valence-corrected chi connectivity index (χ2v) is 5.07. The summed E-state index contributed by atoms with van der Waals surface area (Å²) >= 11 is 0. The molecule has 1 N–H and O–H groups in total. The van der Waals surface area contributed by atoms with Crippen molar-refractivity contribution in [1.29, 1.82) is 5.41 Å².